The Morgan fingerprint density at radius 3 is 2.79 bits per heavy atom. The molecule has 24 heavy (non-hydrogen) atoms. The summed E-state index contributed by atoms with van der Waals surface area (Å²) in [5, 5.41) is 14.1. The summed E-state index contributed by atoms with van der Waals surface area (Å²) in [5.41, 5.74) is 1.04. The molecule has 1 aromatic carbocycles. The fourth-order valence-electron chi connectivity index (χ4n) is 2.89. The molecule has 1 N–H and O–H groups in total. The zero-order chi connectivity index (χ0) is 17.7. The number of rotatable bonds is 4. The average Bonchev–Trinajstić information content (AvgIpc) is 2.78. The SMILES string of the molecule is CC=Cc1c(C(=O)OC)cc([N+](=O)[O-])cc1C1CCCCC(=O)N1. The van der Waals surface area contributed by atoms with Crippen molar-refractivity contribution < 1.29 is 19.2 Å². The predicted octanol–water partition coefficient (Wildman–Crippen LogP) is 3.15. The fourth-order valence-corrected chi connectivity index (χ4v) is 2.89. The molecule has 0 aromatic heterocycles. The van der Waals surface area contributed by atoms with Crippen LogP contribution in [0.3, 0.4) is 0 Å². The summed E-state index contributed by atoms with van der Waals surface area (Å²) in [7, 11) is 1.23. The Bertz CT molecular complexity index is 696. The van der Waals surface area contributed by atoms with Crippen molar-refractivity contribution in [3.63, 3.8) is 0 Å². The van der Waals surface area contributed by atoms with Crippen molar-refractivity contribution >= 4 is 23.6 Å². The Morgan fingerprint density at radius 1 is 1.42 bits per heavy atom. The minimum absolute atomic E-state index is 0.0879. The lowest BCUT2D eigenvalue weighted by atomic mass is 9.92. The average molecular weight is 332 g/mol. The Kier molecular flexibility index (Phi) is 5.68. The second kappa shape index (κ2) is 7.72. The van der Waals surface area contributed by atoms with Crippen LogP contribution in [0.1, 0.15) is 60.1 Å². The Labute approximate surface area is 139 Å². The first-order chi connectivity index (χ1) is 11.5. The molecule has 1 aliphatic heterocycles. The normalized spacial score (nSPS) is 18.1. The lowest BCUT2D eigenvalue weighted by molar-refractivity contribution is -0.385. The maximum Gasteiger partial charge on any atom is 0.338 e. The van der Waals surface area contributed by atoms with Crippen LogP contribution in [0.15, 0.2) is 18.2 Å². The summed E-state index contributed by atoms with van der Waals surface area (Å²) in [6, 6.07) is 2.27. The maximum atomic E-state index is 12.1. The lowest BCUT2D eigenvalue weighted by Crippen LogP contribution is -2.27. The van der Waals surface area contributed by atoms with Gasteiger partial charge in [-0.15, -0.1) is 0 Å². The molecule has 0 aliphatic carbocycles. The third-order valence-corrected chi connectivity index (χ3v) is 4.00. The van der Waals surface area contributed by atoms with Gasteiger partial charge in [0.05, 0.1) is 23.6 Å². The van der Waals surface area contributed by atoms with E-state index >= 15 is 0 Å². The smallest absolute Gasteiger partial charge is 0.338 e. The molecule has 128 valence electrons. The zero-order valence-electron chi connectivity index (χ0n) is 13.7. The van der Waals surface area contributed by atoms with Gasteiger partial charge in [-0.1, -0.05) is 18.6 Å². The van der Waals surface area contributed by atoms with Gasteiger partial charge in [-0.05, 0) is 30.9 Å². The maximum absolute atomic E-state index is 12.1. The van der Waals surface area contributed by atoms with Crippen LogP contribution in [0.4, 0.5) is 5.69 Å². The molecule has 1 heterocycles. The number of nitrogens with one attached hydrogen (secondary N) is 1. The molecular weight excluding hydrogens is 312 g/mol. The van der Waals surface area contributed by atoms with E-state index in [9.17, 15) is 19.7 Å². The Balaban J connectivity index is 2.65. The van der Waals surface area contributed by atoms with Gasteiger partial charge >= 0.3 is 5.97 Å². The van der Waals surface area contributed by atoms with E-state index in [2.05, 4.69) is 5.32 Å². The van der Waals surface area contributed by atoms with E-state index in [-0.39, 0.29) is 23.2 Å². The van der Waals surface area contributed by atoms with Gasteiger partial charge in [-0.2, -0.15) is 0 Å². The number of benzene rings is 1. The Morgan fingerprint density at radius 2 is 2.17 bits per heavy atom. The Hall–Kier alpha value is -2.70. The molecule has 1 saturated heterocycles. The van der Waals surface area contributed by atoms with Crippen LogP contribution in [0.5, 0.6) is 0 Å². The number of allylic oxidation sites excluding steroid dienone is 1. The van der Waals surface area contributed by atoms with E-state index in [0.29, 0.717) is 24.0 Å². The third kappa shape index (κ3) is 3.79. The van der Waals surface area contributed by atoms with Crippen LogP contribution in [-0.2, 0) is 9.53 Å². The molecule has 1 aromatic rings. The summed E-state index contributed by atoms with van der Waals surface area (Å²) in [6.45, 7) is 1.79. The molecule has 0 spiro atoms. The van der Waals surface area contributed by atoms with Gasteiger partial charge in [0.15, 0.2) is 0 Å². The largest absolute Gasteiger partial charge is 0.465 e. The van der Waals surface area contributed by atoms with Crippen molar-refractivity contribution in [2.75, 3.05) is 7.11 Å². The number of nitro benzene ring substituents is 1. The van der Waals surface area contributed by atoms with Gasteiger partial charge in [0.25, 0.3) is 5.69 Å². The van der Waals surface area contributed by atoms with Crippen LogP contribution in [0.25, 0.3) is 6.08 Å². The number of ether oxygens (including phenoxy) is 1. The van der Waals surface area contributed by atoms with E-state index in [1.54, 1.807) is 19.1 Å². The molecule has 1 amide bonds. The number of carbonyl (C=O) groups is 2. The van der Waals surface area contributed by atoms with E-state index in [4.69, 9.17) is 4.74 Å². The summed E-state index contributed by atoms with van der Waals surface area (Å²) in [5.74, 6) is -0.733. The number of esters is 1. The number of hydrogen-bond donors (Lipinski definition) is 1. The standard InChI is InChI=1S/C17H20N2O5/c1-3-6-12-13(15-7-4-5-8-16(20)18-15)9-11(19(22)23)10-14(12)17(21)24-2/h3,6,9-10,15H,4-5,7-8H2,1-2H3,(H,18,20). The van der Waals surface area contributed by atoms with Gasteiger partial charge in [0, 0.05) is 18.6 Å². The second-order valence-electron chi connectivity index (χ2n) is 5.61. The van der Waals surface area contributed by atoms with Crippen molar-refractivity contribution in [1.82, 2.24) is 5.32 Å². The van der Waals surface area contributed by atoms with Crippen molar-refractivity contribution in [3.05, 3.63) is 45.0 Å². The van der Waals surface area contributed by atoms with E-state index in [1.165, 1.54) is 19.2 Å². The monoisotopic (exact) mass is 332 g/mol. The first-order valence-corrected chi connectivity index (χ1v) is 7.80. The van der Waals surface area contributed by atoms with Gasteiger partial charge in [0.2, 0.25) is 5.91 Å². The van der Waals surface area contributed by atoms with Crippen LogP contribution in [-0.4, -0.2) is 23.9 Å². The van der Waals surface area contributed by atoms with Crippen LogP contribution >= 0.6 is 0 Å². The molecular formula is C17H20N2O5. The number of nitrogens with zero attached hydrogens (tertiary/aromatic N) is 1. The number of non-ortho nitro benzene ring substituents is 1. The molecule has 7 nitrogen and oxygen atoms in total. The first kappa shape index (κ1) is 17.7. The highest BCUT2D eigenvalue weighted by Gasteiger charge is 2.26. The van der Waals surface area contributed by atoms with Crippen molar-refractivity contribution in [3.8, 4) is 0 Å². The van der Waals surface area contributed by atoms with Gasteiger partial charge in [-0.3, -0.25) is 14.9 Å². The lowest BCUT2D eigenvalue weighted by Gasteiger charge is -2.20. The molecule has 0 saturated carbocycles. The molecule has 7 heteroatoms. The molecule has 2 rings (SSSR count). The highest BCUT2D eigenvalue weighted by Crippen LogP contribution is 2.32. The minimum Gasteiger partial charge on any atom is -0.465 e. The number of hydrogen-bond acceptors (Lipinski definition) is 5. The van der Waals surface area contributed by atoms with Gasteiger partial charge < -0.3 is 10.1 Å². The number of carbonyl (C=O) groups excluding carboxylic acids is 2. The summed E-state index contributed by atoms with van der Waals surface area (Å²) in [4.78, 5) is 34.7. The first-order valence-electron chi connectivity index (χ1n) is 7.80. The summed E-state index contributed by atoms with van der Waals surface area (Å²) in [6.07, 6.45) is 6.17. The van der Waals surface area contributed by atoms with Crippen LogP contribution in [0, 0.1) is 10.1 Å². The van der Waals surface area contributed by atoms with Crippen LogP contribution < -0.4 is 5.32 Å². The quantitative estimate of drug-likeness (QED) is 0.519. The zero-order valence-corrected chi connectivity index (χ0v) is 13.7. The molecule has 0 bridgehead atoms. The minimum atomic E-state index is -0.645. The second-order valence-corrected chi connectivity index (χ2v) is 5.61. The van der Waals surface area contributed by atoms with Gasteiger partial charge in [0.1, 0.15) is 0 Å². The topological polar surface area (TPSA) is 98.5 Å². The van der Waals surface area contributed by atoms with E-state index in [0.717, 1.165) is 12.8 Å². The molecule has 1 atom stereocenters. The van der Waals surface area contributed by atoms with Crippen molar-refractivity contribution in [2.24, 2.45) is 0 Å². The van der Waals surface area contributed by atoms with Gasteiger partial charge in [-0.25, -0.2) is 4.79 Å². The predicted molar refractivity (Wildman–Crippen MR) is 88.5 cm³/mol. The van der Waals surface area contributed by atoms with Crippen molar-refractivity contribution in [2.45, 2.75) is 38.6 Å². The summed E-state index contributed by atoms with van der Waals surface area (Å²) < 4.78 is 4.76. The van der Waals surface area contributed by atoms with E-state index < -0.39 is 10.9 Å². The molecule has 1 aliphatic rings. The highest BCUT2D eigenvalue weighted by atomic mass is 16.6. The fraction of sp³-hybridized carbons (Fsp3) is 0.412. The highest BCUT2D eigenvalue weighted by molar-refractivity contribution is 5.95. The van der Waals surface area contributed by atoms with Crippen molar-refractivity contribution in [1.29, 1.82) is 0 Å². The molecule has 1 unspecified atom stereocenters. The van der Waals surface area contributed by atoms with Crippen LogP contribution in [0.2, 0.25) is 0 Å². The number of methoxy groups -OCH3 is 1. The number of nitro groups is 1. The summed E-state index contributed by atoms with van der Waals surface area (Å²) >= 11 is 0. The molecule has 0 radical (unpaired) electrons. The van der Waals surface area contributed by atoms with E-state index in [1.807, 2.05) is 0 Å². The number of amides is 1. The third-order valence-electron chi connectivity index (χ3n) is 4.00. The molecule has 1 fully saturated rings.